The van der Waals surface area contributed by atoms with Crippen LogP contribution in [0.5, 0.6) is 11.5 Å². The summed E-state index contributed by atoms with van der Waals surface area (Å²) in [5, 5.41) is 16.5. The second-order valence-corrected chi connectivity index (χ2v) is 19.1. The summed E-state index contributed by atoms with van der Waals surface area (Å²) in [6.45, 7) is 11.0. The van der Waals surface area contributed by atoms with Crippen LogP contribution in [-0.4, -0.2) is 74.9 Å². The van der Waals surface area contributed by atoms with Crippen LogP contribution in [0.1, 0.15) is 60.9 Å². The predicted octanol–water partition coefficient (Wildman–Crippen LogP) is 5.15. The van der Waals surface area contributed by atoms with Gasteiger partial charge < -0.3 is 24.5 Å². The molecule has 51 heavy (non-hydrogen) atoms. The van der Waals surface area contributed by atoms with Crippen LogP contribution in [0.4, 0.5) is 5.69 Å². The summed E-state index contributed by atoms with van der Waals surface area (Å²) in [5.74, 6) is -0.707. The Morgan fingerprint density at radius 2 is 1.41 bits per heavy atom. The van der Waals surface area contributed by atoms with E-state index in [1.165, 1.54) is 4.90 Å². The summed E-state index contributed by atoms with van der Waals surface area (Å²) in [6.07, 6.45) is 0.420. The topological polar surface area (TPSA) is 108 Å². The van der Waals surface area contributed by atoms with Crippen molar-refractivity contribution in [1.29, 1.82) is 0 Å². The van der Waals surface area contributed by atoms with Gasteiger partial charge in [0.1, 0.15) is 12.6 Å². The van der Waals surface area contributed by atoms with Crippen molar-refractivity contribution in [1.82, 2.24) is 10.2 Å². The third kappa shape index (κ3) is 6.78. The van der Waals surface area contributed by atoms with Crippen molar-refractivity contribution in [3.8, 4) is 11.5 Å². The Labute approximate surface area is 301 Å². The van der Waals surface area contributed by atoms with Gasteiger partial charge >= 0.3 is 0 Å². The van der Waals surface area contributed by atoms with E-state index in [0.29, 0.717) is 17.5 Å². The van der Waals surface area contributed by atoms with E-state index < -0.39 is 14.4 Å². The summed E-state index contributed by atoms with van der Waals surface area (Å²) < 4.78 is 13.3. The summed E-state index contributed by atoms with van der Waals surface area (Å²) in [5.41, 5.74) is 2.35. The maximum absolute atomic E-state index is 13.9. The molecule has 0 bridgehead atoms. The molecule has 6 rings (SSSR count). The lowest BCUT2D eigenvalue weighted by molar-refractivity contribution is -0.124. The Morgan fingerprint density at radius 3 is 1.94 bits per heavy atom. The molecular formula is C41H47N3O6Si. The molecule has 3 amide bonds. The summed E-state index contributed by atoms with van der Waals surface area (Å²) in [7, 11) is -1.03. The number of phenols is 1. The van der Waals surface area contributed by atoms with Gasteiger partial charge in [0.15, 0.2) is 11.5 Å². The number of likely N-dealkylation sites (N-methyl/N-ethyl adjacent to an activating group) is 1. The smallest absolute Gasteiger partial charge is 0.261 e. The number of carbonyl (C=O) groups is 3. The highest BCUT2D eigenvalue weighted by molar-refractivity contribution is 6.99. The highest BCUT2D eigenvalue weighted by atomic mass is 28.4. The van der Waals surface area contributed by atoms with Crippen LogP contribution in [0, 0.1) is 5.92 Å². The first kappa shape index (κ1) is 35.9. The van der Waals surface area contributed by atoms with E-state index in [0.717, 1.165) is 21.6 Å². The van der Waals surface area contributed by atoms with Crippen LogP contribution in [0.15, 0.2) is 97.1 Å². The highest BCUT2D eigenvalue weighted by Crippen LogP contribution is 2.39. The van der Waals surface area contributed by atoms with Crippen LogP contribution >= 0.6 is 0 Å². The first-order valence-corrected chi connectivity index (χ1v) is 19.5. The Hall–Kier alpha value is -4.93. The molecular weight excluding hydrogens is 659 g/mol. The fourth-order valence-corrected chi connectivity index (χ4v) is 12.3. The van der Waals surface area contributed by atoms with Crippen molar-refractivity contribution >= 4 is 42.1 Å². The largest absolute Gasteiger partial charge is 0.504 e. The molecule has 4 aromatic rings. The van der Waals surface area contributed by atoms with Gasteiger partial charge in [0.05, 0.1) is 30.3 Å². The van der Waals surface area contributed by atoms with Crippen LogP contribution in [0.25, 0.3) is 0 Å². The molecule has 0 saturated carbocycles. The molecule has 266 valence electrons. The van der Waals surface area contributed by atoms with E-state index in [2.05, 4.69) is 74.6 Å². The lowest BCUT2D eigenvalue weighted by atomic mass is 9.95. The third-order valence-electron chi connectivity index (χ3n) is 10.0. The van der Waals surface area contributed by atoms with Crippen molar-refractivity contribution in [3.63, 3.8) is 0 Å². The van der Waals surface area contributed by atoms with Gasteiger partial charge in [0, 0.05) is 18.8 Å². The summed E-state index contributed by atoms with van der Waals surface area (Å²) >= 11 is 0. The lowest BCUT2D eigenvalue weighted by Gasteiger charge is -2.44. The minimum absolute atomic E-state index is 0.000592. The number of hydrogen-bond donors (Lipinski definition) is 2. The van der Waals surface area contributed by atoms with Crippen LogP contribution in [0.3, 0.4) is 0 Å². The molecule has 0 aliphatic carbocycles. The van der Waals surface area contributed by atoms with Crippen LogP contribution in [-0.2, 0) is 15.6 Å². The molecule has 2 aliphatic rings. The quantitative estimate of drug-likeness (QED) is 0.174. The van der Waals surface area contributed by atoms with Crippen LogP contribution < -0.4 is 25.3 Å². The fourth-order valence-electron chi connectivity index (χ4n) is 7.66. The van der Waals surface area contributed by atoms with E-state index in [4.69, 9.17) is 9.16 Å². The Kier molecular flexibility index (Phi) is 10.1. The van der Waals surface area contributed by atoms with Crippen molar-refractivity contribution in [2.24, 2.45) is 5.92 Å². The van der Waals surface area contributed by atoms with Gasteiger partial charge in [0.25, 0.3) is 20.1 Å². The van der Waals surface area contributed by atoms with E-state index in [9.17, 15) is 19.5 Å². The molecule has 0 aromatic heterocycles. The number of rotatable bonds is 10. The number of benzene rings is 4. The van der Waals surface area contributed by atoms with Gasteiger partial charge in [0.2, 0.25) is 5.91 Å². The zero-order valence-corrected chi connectivity index (χ0v) is 31.2. The van der Waals surface area contributed by atoms with Gasteiger partial charge in [-0.25, -0.2) is 0 Å². The van der Waals surface area contributed by atoms with Crippen molar-refractivity contribution in [2.75, 3.05) is 31.7 Å². The maximum atomic E-state index is 13.9. The number of phenolic OH excluding ortho intramolecular Hbond substituents is 1. The minimum atomic E-state index is -2.90. The van der Waals surface area contributed by atoms with Crippen molar-refractivity contribution < 1.29 is 28.7 Å². The van der Waals surface area contributed by atoms with Gasteiger partial charge in [-0.3, -0.25) is 19.3 Å². The Balaban J connectivity index is 1.30. The molecule has 2 N–H and O–H groups in total. The van der Waals surface area contributed by atoms with E-state index in [1.54, 1.807) is 36.4 Å². The summed E-state index contributed by atoms with van der Waals surface area (Å²) in [6, 6.07) is 30.1. The zero-order chi connectivity index (χ0) is 36.5. The average molecular weight is 706 g/mol. The fraction of sp³-hybridized carbons (Fsp3) is 0.341. The number of nitrogens with one attached hydrogen (secondary N) is 1. The molecule has 4 aromatic carbocycles. The maximum Gasteiger partial charge on any atom is 0.261 e. The molecule has 0 saturated heterocycles. The number of amides is 3. The van der Waals surface area contributed by atoms with Gasteiger partial charge in [-0.1, -0.05) is 107 Å². The first-order valence-electron chi connectivity index (χ1n) is 17.6. The highest BCUT2D eigenvalue weighted by Gasteiger charge is 2.50. The molecule has 0 unspecified atom stereocenters. The molecule has 2 heterocycles. The molecule has 10 heteroatoms. The number of imide groups is 1. The first-order chi connectivity index (χ1) is 24.3. The molecule has 0 fully saturated rings. The summed E-state index contributed by atoms with van der Waals surface area (Å²) in [4.78, 5) is 42.8. The Morgan fingerprint density at radius 1 is 0.863 bits per heavy atom. The number of carbonyl (C=O) groups excluding carboxylic acids is 3. The standard InChI is InChI=1S/C41H47N3O6Si/c1-27(2)37-38(46)42-29(26-50-51(41(3,4)5,30-15-9-7-10-16-30)31-17-11-8-12-18-31)23-28-24-36(35(45)25-34(28)43(37)6)49-22-21-44-39(47)32-19-13-14-20-33(32)40(44)48/h7-20,24-25,27,29,37,45H,21-23,26H2,1-6H3,(H,42,46)/t29-,37-/m0/s1. The molecule has 9 nitrogen and oxygen atoms in total. The van der Waals surface area contributed by atoms with Crippen LogP contribution in [0.2, 0.25) is 5.04 Å². The predicted molar refractivity (Wildman–Crippen MR) is 202 cm³/mol. The van der Waals surface area contributed by atoms with E-state index in [1.807, 2.05) is 37.9 Å². The number of anilines is 1. The number of hydrogen-bond acceptors (Lipinski definition) is 7. The number of fused-ring (bicyclic) bond motifs is 2. The SMILES string of the molecule is CC(C)[C@H]1C(=O)N[C@H](CO[Si](c2ccccc2)(c2ccccc2)C(C)(C)C)Cc2cc(OCCN3C(=O)c4ccccc4C3=O)c(O)cc2N1C. The number of aromatic hydroxyl groups is 1. The van der Waals surface area contributed by atoms with Crippen molar-refractivity contribution in [3.05, 3.63) is 114 Å². The van der Waals surface area contributed by atoms with Gasteiger partial charge in [-0.15, -0.1) is 0 Å². The minimum Gasteiger partial charge on any atom is -0.504 e. The second-order valence-electron chi connectivity index (χ2n) is 14.8. The van der Waals surface area contributed by atoms with E-state index in [-0.39, 0.29) is 66.0 Å². The normalized spacial score (nSPS) is 17.9. The van der Waals surface area contributed by atoms with Crippen molar-refractivity contribution in [2.45, 2.75) is 58.2 Å². The molecule has 0 radical (unpaired) electrons. The number of ether oxygens (including phenoxy) is 1. The zero-order valence-electron chi connectivity index (χ0n) is 30.2. The monoisotopic (exact) mass is 705 g/mol. The molecule has 0 spiro atoms. The van der Waals surface area contributed by atoms with Gasteiger partial charge in [-0.2, -0.15) is 0 Å². The molecule has 2 atom stereocenters. The van der Waals surface area contributed by atoms with Gasteiger partial charge in [-0.05, 0) is 51.5 Å². The third-order valence-corrected chi connectivity index (χ3v) is 15.0. The van der Waals surface area contributed by atoms with E-state index >= 15 is 0 Å². The lowest BCUT2D eigenvalue weighted by Crippen LogP contribution is -2.67. The average Bonchev–Trinajstić information content (AvgIpc) is 3.34. The second kappa shape index (κ2) is 14.4. The number of nitrogens with zero attached hydrogens (tertiary/aromatic N) is 2. The Bertz CT molecular complexity index is 1840. The molecule has 2 aliphatic heterocycles.